The highest BCUT2D eigenvalue weighted by molar-refractivity contribution is 8.15. The van der Waals surface area contributed by atoms with Crippen LogP contribution in [-0.2, 0) is 18.0 Å². The number of benzene rings is 1. The highest BCUT2D eigenvalue weighted by atomic mass is 35.5. The molecule has 178 valence electrons. The van der Waals surface area contributed by atoms with E-state index in [1.165, 1.54) is 0 Å². The smallest absolute Gasteiger partial charge is 0.292 e. The van der Waals surface area contributed by atoms with Crippen LogP contribution in [0.2, 0.25) is 5.02 Å². The average Bonchev–Trinajstić information content (AvgIpc) is 2.99. The number of thioether (sulfide) groups is 1. The van der Waals surface area contributed by atoms with Gasteiger partial charge in [0.15, 0.2) is 5.17 Å². The van der Waals surface area contributed by atoms with Crippen molar-refractivity contribution in [3.05, 3.63) is 55.6 Å². The number of carbonyl (C=O) groups is 1. The lowest BCUT2D eigenvalue weighted by Crippen LogP contribution is -2.41. The number of rotatable bonds is 3. The molecule has 0 saturated carbocycles. The molecule has 1 aromatic carbocycles. The number of nitrogens with zero attached hydrogens (tertiary/aromatic N) is 4. The zero-order valence-corrected chi connectivity index (χ0v) is 17.7. The topological polar surface area (TPSA) is 76.7 Å². The van der Waals surface area contributed by atoms with Crippen LogP contribution in [0.25, 0.3) is 5.69 Å². The van der Waals surface area contributed by atoms with Crippen molar-refractivity contribution in [3.63, 3.8) is 0 Å². The van der Waals surface area contributed by atoms with Crippen LogP contribution in [0.5, 0.6) is 0 Å². The van der Waals surface area contributed by atoms with Crippen molar-refractivity contribution < 1.29 is 35.5 Å². The third kappa shape index (κ3) is 5.08. The Morgan fingerprint density at radius 3 is 2.30 bits per heavy atom. The van der Waals surface area contributed by atoms with E-state index in [2.05, 4.69) is 4.99 Å². The first-order chi connectivity index (χ1) is 15.1. The van der Waals surface area contributed by atoms with E-state index in [0.29, 0.717) is 35.8 Å². The van der Waals surface area contributed by atoms with E-state index in [-0.39, 0.29) is 21.0 Å². The molecule has 1 amide bonds. The molecular formula is C17H10ClF7N4O3S. The number of halogens is 8. The van der Waals surface area contributed by atoms with Gasteiger partial charge in [0.05, 0.1) is 22.2 Å². The number of aromatic nitrogens is 2. The minimum absolute atomic E-state index is 0.0809. The first-order valence-electron chi connectivity index (χ1n) is 8.58. The third-order valence-electron chi connectivity index (χ3n) is 4.28. The largest absolute Gasteiger partial charge is 0.431 e. The van der Waals surface area contributed by atoms with Crippen molar-refractivity contribution in [3.8, 4) is 5.69 Å². The van der Waals surface area contributed by atoms with Gasteiger partial charge in [-0.25, -0.2) is 18.7 Å². The predicted molar refractivity (Wildman–Crippen MR) is 105 cm³/mol. The van der Waals surface area contributed by atoms with Gasteiger partial charge in [-0.1, -0.05) is 23.4 Å². The highest BCUT2D eigenvalue weighted by Crippen LogP contribution is 2.33. The van der Waals surface area contributed by atoms with Gasteiger partial charge < -0.3 is 0 Å². The van der Waals surface area contributed by atoms with Crippen molar-refractivity contribution in [2.75, 3.05) is 12.3 Å². The van der Waals surface area contributed by atoms with Crippen molar-refractivity contribution in [1.82, 2.24) is 14.0 Å². The zero-order chi connectivity index (χ0) is 24.9. The molecule has 0 atom stereocenters. The molecule has 2 heterocycles. The number of hydrogen-bond donors (Lipinski definition) is 0. The Labute approximate surface area is 188 Å². The number of alkyl halides is 6. The molecule has 0 N–H and O–H groups in total. The Bertz CT molecular complexity index is 1280. The van der Waals surface area contributed by atoms with E-state index in [1.807, 2.05) is 0 Å². The first kappa shape index (κ1) is 24.8. The van der Waals surface area contributed by atoms with Crippen LogP contribution in [-0.4, -0.2) is 43.6 Å². The molecule has 1 saturated heterocycles. The van der Waals surface area contributed by atoms with Gasteiger partial charge in [-0.3, -0.25) is 19.1 Å². The number of aliphatic imine (C=N–C) groups is 1. The van der Waals surface area contributed by atoms with Crippen molar-refractivity contribution in [2.24, 2.45) is 12.0 Å². The van der Waals surface area contributed by atoms with E-state index in [1.54, 1.807) is 0 Å². The van der Waals surface area contributed by atoms with Crippen molar-refractivity contribution >= 4 is 40.1 Å². The van der Waals surface area contributed by atoms with Gasteiger partial charge in [0.25, 0.3) is 5.56 Å². The summed E-state index contributed by atoms with van der Waals surface area (Å²) in [5.41, 5.74) is -5.90. The summed E-state index contributed by atoms with van der Waals surface area (Å²) in [7, 11) is 0.714. The molecule has 2 aromatic rings. The monoisotopic (exact) mass is 518 g/mol. The Morgan fingerprint density at radius 1 is 1.09 bits per heavy atom. The molecule has 0 radical (unpaired) electrons. The minimum Gasteiger partial charge on any atom is -0.292 e. The number of amides is 1. The minimum atomic E-state index is -5.05. The molecule has 0 bridgehead atoms. The first-order valence-corrected chi connectivity index (χ1v) is 9.95. The van der Waals surface area contributed by atoms with Gasteiger partial charge in [0, 0.05) is 13.1 Å². The van der Waals surface area contributed by atoms with Gasteiger partial charge >= 0.3 is 18.0 Å². The quantitative estimate of drug-likeness (QED) is 0.583. The predicted octanol–water partition coefficient (Wildman–Crippen LogP) is 3.47. The molecule has 33 heavy (non-hydrogen) atoms. The van der Waals surface area contributed by atoms with Gasteiger partial charge in [-0.15, -0.1) is 0 Å². The lowest BCUT2D eigenvalue weighted by atomic mass is 10.2. The second-order valence-corrected chi connectivity index (χ2v) is 7.93. The molecule has 16 heteroatoms. The van der Waals surface area contributed by atoms with Crippen LogP contribution in [0.1, 0.15) is 5.69 Å². The summed E-state index contributed by atoms with van der Waals surface area (Å²) in [5.74, 6) is -2.55. The maximum atomic E-state index is 14.5. The summed E-state index contributed by atoms with van der Waals surface area (Å²) in [6.07, 6.45) is -9.80. The van der Waals surface area contributed by atoms with Crippen LogP contribution in [0.15, 0.2) is 32.8 Å². The zero-order valence-electron chi connectivity index (χ0n) is 16.1. The van der Waals surface area contributed by atoms with E-state index < -0.39 is 69.1 Å². The maximum Gasteiger partial charge on any atom is 0.431 e. The van der Waals surface area contributed by atoms with Crippen LogP contribution in [0, 0.1) is 5.82 Å². The van der Waals surface area contributed by atoms with E-state index in [4.69, 9.17) is 11.6 Å². The maximum absolute atomic E-state index is 14.5. The number of amidine groups is 1. The van der Waals surface area contributed by atoms with Crippen LogP contribution < -0.4 is 11.2 Å². The molecule has 1 aliphatic rings. The molecule has 7 nitrogen and oxygen atoms in total. The van der Waals surface area contributed by atoms with Crippen LogP contribution in [0.3, 0.4) is 0 Å². The SMILES string of the molecule is Cn1c(C(F)(F)F)cc(=O)n(-c2cc(/N=C3\SCC(=O)N3CC(F)(F)F)c(Cl)cc2F)c1=O. The van der Waals surface area contributed by atoms with E-state index in [9.17, 15) is 45.1 Å². The van der Waals surface area contributed by atoms with Crippen molar-refractivity contribution in [1.29, 1.82) is 0 Å². The molecule has 0 aliphatic carbocycles. The van der Waals surface area contributed by atoms with E-state index in [0.717, 1.165) is 0 Å². The second kappa shape index (κ2) is 8.52. The van der Waals surface area contributed by atoms with Gasteiger partial charge in [0.2, 0.25) is 5.91 Å². The fourth-order valence-electron chi connectivity index (χ4n) is 2.82. The van der Waals surface area contributed by atoms with Crippen LogP contribution >= 0.6 is 23.4 Å². The van der Waals surface area contributed by atoms with Gasteiger partial charge in [-0.05, 0) is 12.1 Å². The molecule has 0 unspecified atom stereocenters. The Hall–Kier alpha value is -2.81. The third-order valence-corrected chi connectivity index (χ3v) is 5.54. The van der Waals surface area contributed by atoms with Crippen LogP contribution in [0.4, 0.5) is 36.4 Å². The molecule has 0 spiro atoms. The number of carbonyl (C=O) groups excluding carboxylic acids is 1. The Morgan fingerprint density at radius 2 is 1.73 bits per heavy atom. The molecular weight excluding hydrogens is 509 g/mol. The normalized spacial score (nSPS) is 16.2. The second-order valence-electron chi connectivity index (χ2n) is 6.58. The average molecular weight is 519 g/mol. The molecule has 1 aromatic heterocycles. The summed E-state index contributed by atoms with van der Waals surface area (Å²) >= 11 is 6.52. The summed E-state index contributed by atoms with van der Waals surface area (Å²) in [4.78, 5) is 40.6. The van der Waals surface area contributed by atoms with E-state index >= 15 is 0 Å². The molecule has 1 fully saturated rings. The fraction of sp³-hybridized carbons (Fsp3) is 0.294. The van der Waals surface area contributed by atoms with Gasteiger partial charge in [-0.2, -0.15) is 26.3 Å². The highest BCUT2D eigenvalue weighted by Gasteiger charge is 2.39. The number of hydrogen-bond acceptors (Lipinski definition) is 5. The van der Waals surface area contributed by atoms with Crippen molar-refractivity contribution in [2.45, 2.75) is 12.4 Å². The Kier molecular flexibility index (Phi) is 6.41. The lowest BCUT2D eigenvalue weighted by molar-refractivity contribution is -0.150. The molecule has 1 aliphatic heterocycles. The lowest BCUT2D eigenvalue weighted by Gasteiger charge is -2.18. The molecule has 3 rings (SSSR count). The standard InChI is InChI=1S/C17H10ClF7N4O3S/c1-27-11(17(23,24)25)4-12(30)29(15(27)32)10-3-9(7(18)2-8(10)19)26-14-28(6-16(20,21)22)13(31)5-33-14/h2-4H,5-6H2,1H3/b26-14-. The summed E-state index contributed by atoms with van der Waals surface area (Å²) in [6, 6.07) is 1.36. The summed E-state index contributed by atoms with van der Waals surface area (Å²) in [5, 5.41) is -0.878. The Balaban J connectivity index is 2.17. The van der Waals surface area contributed by atoms with Gasteiger partial charge in [0.1, 0.15) is 18.1 Å². The summed E-state index contributed by atoms with van der Waals surface area (Å²) < 4.78 is 92.1. The summed E-state index contributed by atoms with van der Waals surface area (Å²) in [6.45, 7) is -1.65. The fourth-order valence-corrected chi connectivity index (χ4v) is 3.91.